The summed E-state index contributed by atoms with van der Waals surface area (Å²) in [5.41, 5.74) is 2.30. The lowest BCUT2D eigenvalue weighted by Gasteiger charge is -2.17. The Hall–Kier alpha value is -1.35. The van der Waals surface area contributed by atoms with Crippen LogP contribution in [0.4, 0.5) is 0 Å². The summed E-state index contributed by atoms with van der Waals surface area (Å²) in [5, 5.41) is 11.8. The van der Waals surface area contributed by atoms with Gasteiger partial charge in [-0.05, 0) is 26.3 Å². The van der Waals surface area contributed by atoms with Crippen molar-refractivity contribution in [3.63, 3.8) is 0 Å². The summed E-state index contributed by atoms with van der Waals surface area (Å²) < 4.78 is 0. The van der Waals surface area contributed by atoms with Crippen LogP contribution in [0.15, 0.2) is 24.3 Å². The molecule has 3 heteroatoms. The molecule has 1 rings (SSSR count). The van der Waals surface area contributed by atoms with Crippen molar-refractivity contribution in [1.29, 1.82) is 0 Å². The van der Waals surface area contributed by atoms with E-state index in [4.69, 9.17) is 5.11 Å². The molecule has 1 unspecified atom stereocenters. The number of hydrogen-bond acceptors (Lipinski definition) is 2. The van der Waals surface area contributed by atoms with Crippen molar-refractivity contribution < 1.29 is 9.90 Å². The van der Waals surface area contributed by atoms with Gasteiger partial charge in [0.2, 0.25) is 0 Å². The van der Waals surface area contributed by atoms with Gasteiger partial charge < -0.3 is 5.11 Å². The number of aryl methyl sites for hydroxylation is 1. The van der Waals surface area contributed by atoms with Crippen molar-refractivity contribution in [2.24, 2.45) is 0 Å². The molecule has 0 fully saturated rings. The van der Waals surface area contributed by atoms with Crippen molar-refractivity contribution in [3.05, 3.63) is 35.4 Å². The van der Waals surface area contributed by atoms with Gasteiger partial charge in [-0.25, -0.2) is 0 Å². The number of carbonyl (C=O) groups is 1. The molecule has 2 atom stereocenters. The smallest absolute Gasteiger partial charge is 0.320 e. The molecular formula is C12H17NO2. The largest absolute Gasteiger partial charge is 0.480 e. The second-order valence-corrected chi connectivity index (χ2v) is 3.86. The first-order chi connectivity index (χ1) is 7.00. The van der Waals surface area contributed by atoms with Crippen LogP contribution in [0.2, 0.25) is 0 Å². The third kappa shape index (κ3) is 3.36. The van der Waals surface area contributed by atoms with Gasteiger partial charge in [0.05, 0.1) is 0 Å². The van der Waals surface area contributed by atoms with Gasteiger partial charge in [0.15, 0.2) is 0 Å². The van der Waals surface area contributed by atoms with E-state index >= 15 is 0 Å². The van der Waals surface area contributed by atoms with Crippen molar-refractivity contribution in [1.82, 2.24) is 5.32 Å². The average molecular weight is 207 g/mol. The maximum absolute atomic E-state index is 10.7. The van der Waals surface area contributed by atoms with Gasteiger partial charge in [0, 0.05) is 6.04 Å². The van der Waals surface area contributed by atoms with E-state index in [2.05, 4.69) is 11.4 Å². The van der Waals surface area contributed by atoms with E-state index in [1.165, 1.54) is 5.56 Å². The molecule has 0 radical (unpaired) electrons. The molecular weight excluding hydrogens is 190 g/mol. The summed E-state index contributed by atoms with van der Waals surface area (Å²) >= 11 is 0. The molecule has 2 N–H and O–H groups in total. The molecule has 0 heterocycles. The standard InChI is InChI=1S/C12H17NO2/c1-8-5-4-6-11(7-8)9(2)13-10(3)12(14)15/h4-7,9-10,13H,1-3H3,(H,14,15)/t9-,10?/m1/s1. The lowest BCUT2D eigenvalue weighted by atomic mass is 10.1. The van der Waals surface area contributed by atoms with Crippen LogP contribution in [0.25, 0.3) is 0 Å². The number of rotatable bonds is 4. The van der Waals surface area contributed by atoms with E-state index in [9.17, 15) is 4.79 Å². The Labute approximate surface area is 90.1 Å². The van der Waals surface area contributed by atoms with Crippen molar-refractivity contribution in [2.45, 2.75) is 32.9 Å². The van der Waals surface area contributed by atoms with Gasteiger partial charge in [-0.1, -0.05) is 29.8 Å². The highest BCUT2D eigenvalue weighted by Gasteiger charge is 2.14. The molecule has 1 aromatic rings. The lowest BCUT2D eigenvalue weighted by Crippen LogP contribution is -2.35. The fourth-order valence-corrected chi connectivity index (χ4v) is 1.48. The Morgan fingerprint density at radius 1 is 1.40 bits per heavy atom. The van der Waals surface area contributed by atoms with Gasteiger partial charge in [-0.2, -0.15) is 0 Å². The molecule has 0 saturated carbocycles. The number of aliphatic carboxylic acids is 1. The molecule has 82 valence electrons. The van der Waals surface area contributed by atoms with Gasteiger partial charge in [-0.3, -0.25) is 10.1 Å². The van der Waals surface area contributed by atoms with Gasteiger partial charge in [-0.15, -0.1) is 0 Å². The molecule has 0 aliphatic heterocycles. The number of benzene rings is 1. The number of carboxylic acid groups (broad SMARTS) is 1. The number of carboxylic acids is 1. The molecule has 3 nitrogen and oxygen atoms in total. The van der Waals surface area contributed by atoms with E-state index in [0.29, 0.717) is 0 Å². The van der Waals surface area contributed by atoms with E-state index in [-0.39, 0.29) is 6.04 Å². The summed E-state index contributed by atoms with van der Waals surface area (Å²) in [5.74, 6) is -0.825. The minimum absolute atomic E-state index is 0.0519. The van der Waals surface area contributed by atoms with Crippen LogP contribution in [0.3, 0.4) is 0 Å². The third-order valence-electron chi connectivity index (χ3n) is 2.41. The highest BCUT2D eigenvalue weighted by molar-refractivity contribution is 5.72. The molecule has 0 aliphatic carbocycles. The van der Waals surface area contributed by atoms with Crippen LogP contribution in [-0.2, 0) is 4.79 Å². The van der Waals surface area contributed by atoms with E-state index in [1.54, 1.807) is 6.92 Å². The Kier molecular flexibility index (Phi) is 3.86. The van der Waals surface area contributed by atoms with Crippen molar-refractivity contribution in [2.75, 3.05) is 0 Å². The Balaban J connectivity index is 2.68. The van der Waals surface area contributed by atoms with E-state index < -0.39 is 12.0 Å². The monoisotopic (exact) mass is 207 g/mol. The fraction of sp³-hybridized carbons (Fsp3) is 0.417. The maximum Gasteiger partial charge on any atom is 0.320 e. The number of nitrogens with one attached hydrogen (secondary N) is 1. The summed E-state index contributed by atoms with van der Waals surface area (Å²) in [6.07, 6.45) is 0. The third-order valence-corrected chi connectivity index (χ3v) is 2.41. The minimum Gasteiger partial charge on any atom is -0.480 e. The van der Waals surface area contributed by atoms with Gasteiger partial charge in [0.25, 0.3) is 0 Å². The van der Waals surface area contributed by atoms with Crippen LogP contribution in [-0.4, -0.2) is 17.1 Å². The normalized spacial score (nSPS) is 14.6. The minimum atomic E-state index is -0.825. The van der Waals surface area contributed by atoms with Gasteiger partial charge >= 0.3 is 5.97 Å². The molecule has 0 aliphatic rings. The topological polar surface area (TPSA) is 49.3 Å². The molecule has 0 aromatic heterocycles. The van der Waals surface area contributed by atoms with Crippen molar-refractivity contribution >= 4 is 5.97 Å². The SMILES string of the molecule is Cc1cccc([C@@H](C)NC(C)C(=O)O)c1. The molecule has 0 bridgehead atoms. The summed E-state index contributed by atoms with van der Waals surface area (Å²) in [6.45, 7) is 5.64. The predicted molar refractivity (Wildman–Crippen MR) is 59.8 cm³/mol. The first-order valence-corrected chi connectivity index (χ1v) is 5.06. The molecule has 0 amide bonds. The zero-order valence-corrected chi connectivity index (χ0v) is 9.32. The molecule has 0 saturated heterocycles. The molecule has 0 spiro atoms. The lowest BCUT2D eigenvalue weighted by molar-refractivity contribution is -0.139. The maximum atomic E-state index is 10.7. The Morgan fingerprint density at radius 2 is 2.07 bits per heavy atom. The van der Waals surface area contributed by atoms with E-state index in [1.807, 2.05) is 32.0 Å². The zero-order chi connectivity index (χ0) is 11.4. The van der Waals surface area contributed by atoms with E-state index in [0.717, 1.165) is 5.56 Å². The highest BCUT2D eigenvalue weighted by Crippen LogP contribution is 2.14. The van der Waals surface area contributed by atoms with Crippen molar-refractivity contribution in [3.8, 4) is 0 Å². The Morgan fingerprint density at radius 3 is 2.60 bits per heavy atom. The van der Waals surface area contributed by atoms with Crippen LogP contribution in [0.1, 0.15) is 31.0 Å². The second kappa shape index (κ2) is 4.94. The first-order valence-electron chi connectivity index (χ1n) is 5.06. The molecule has 15 heavy (non-hydrogen) atoms. The highest BCUT2D eigenvalue weighted by atomic mass is 16.4. The second-order valence-electron chi connectivity index (χ2n) is 3.86. The summed E-state index contributed by atoms with van der Waals surface area (Å²) in [7, 11) is 0. The van der Waals surface area contributed by atoms with Crippen LogP contribution >= 0.6 is 0 Å². The predicted octanol–water partition coefficient (Wildman–Crippen LogP) is 2.12. The summed E-state index contributed by atoms with van der Waals surface area (Å²) in [4.78, 5) is 10.7. The van der Waals surface area contributed by atoms with Crippen LogP contribution in [0, 0.1) is 6.92 Å². The van der Waals surface area contributed by atoms with Crippen LogP contribution < -0.4 is 5.32 Å². The Bertz CT molecular complexity index is 349. The fourth-order valence-electron chi connectivity index (χ4n) is 1.48. The quantitative estimate of drug-likeness (QED) is 0.795. The average Bonchev–Trinajstić information content (AvgIpc) is 2.17. The van der Waals surface area contributed by atoms with Gasteiger partial charge in [0.1, 0.15) is 6.04 Å². The van der Waals surface area contributed by atoms with Crippen LogP contribution in [0.5, 0.6) is 0 Å². The first kappa shape index (κ1) is 11.7. The summed E-state index contributed by atoms with van der Waals surface area (Å²) in [6, 6.07) is 7.59. The molecule has 1 aromatic carbocycles. The zero-order valence-electron chi connectivity index (χ0n) is 9.32. The number of hydrogen-bond donors (Lipinski definition) is 2.